The summed E-state index contributed by atoms with van der Waals surface area (Å²) in [5.74, 6) is 0. The highest BCUT2D eigenvalue weighted by Crippen LogP contribution is 2.26. The van der Waals surface area contributed by atoms with Gasteiger partial charge in [-0.25, -0.2) is 4.68 Å². The van der Waals surface area contributed by atoms with Gasteiger partial charge in [-0.2, -0.15) is 15.0 Å². The van der Waals surface area contributed by atoms with Crippen LogP contribution in [0.15, 0.2) is 48.5 Å². The van der Waals surface area contributed by atoms with Crippen LogP contribution in [0, 0.1) is 0 Å². The molecule has 0 saturated heterocycles. The van der Waals surface area contributed by atoms with Crippen molar-refractivity contribution >= 4 is 22.1 Å². The SMILES string of the molecule is CCC(C)(n1nc2ccccc2n1)n1nnc2ccccc21. The molecule has 4 rings (SSSR count). The summed E-state index contributed by atoms with van der Waals surface area (Å²) < 4.78 is 1.90. The second kappa shape index (κ2) is 4.62. The maximum absolute atomic E-state index is 4.64. The summed E-state index contributed by atoms with van der Waals surface area (Å²) in [6.07, 6.45) is 0.793. The highest BCUT2D eigenvalue weighted by Gasteiger charge is 2.32. The molecule has 1 unspecified atom stereocenters. The van der Waals surface area contributed by atoms with Crippen LogP contribution < -0.4 is 0 Å². The molecule has 4 aromatic rings. The molecule has 6 nitrogen and oxygen atoms in total. The zero-order valence-corrected chi connectivity index (χ0v) is 12.5. The Labute approximate surface area is 127 Å². The third kappa shape index (κ3) is 1.73. The van der Waals surface area contributed by atoms with Crippen LogP contribution in [0.5, 0.6) is 0 Å². The van der Waals surface area contributed by atoms with E-state index in [2.05, 4.69) is 34.4 Å². The highest BCUT2D eigenvalue weighted by atomic mass is 15.6. The lowest BCUT2D eigenvalue weighted by molar-refractivity contribution is 0.178. The van der Waals surface area contributed by atoms with Gasteiger partial charge < -0.3 is 0 Å². The maximum atomic E-state index is 4.64. The first-order valence-corrected chi connectivity index (χ1v) is 7.36. The minimum absolute atomic E-state index is 0.505. The number of benzene rings is 2. The fourth-order valence-electron chi connectivity index (χ4n) is 2.68. The largest absolute Gasteiger partial charge is 0.216 e. The van der Waals surface area contributed by atoms with Gasteiger partial charge in [-0.1, -0.05) is 36.4 Å². The second-order valence-electron chi connectivity index (χ2n) is 5.54. The van der Waals surface area contributed by atoms with Crippen molar-refractivity contribution in [1.82, 2.24) is 30.0 Å². The van der Waals surface area contributed by atoms with Gasteiger partial charge in [-0.15, -0.1) is 5.10 Å². The zero-order chi connectivity index (χ0) is 15.2. The fourth-order valence-corrected chi connectivity index (χ4v) is 2.68. The summed E-state index contributed by atoms with van der Waals surface area (Å²) in [6.45, 7) is 4.18. The Morgan fingerprint density at radius 1 is 0.909 bits per heavy atom. The molecule has 0 saturated carbocycles. The third-order valence-electron chi connectivity index (χ3n) is 4.20. The molecular weight excluding hydrogens is 276 g/mol. The minimum Gasteiger partial charge on any atom is -0.216 e. The molecule has 0 aliphatic heterocycles. The molecule has 0 bridgehead atoms. The smallest absolute Gasteiger partial charge is 0.172 e. The zero-order valence-electron chi connectivity index (χ0n) is 12.5. The van der Waals surface area contributed by atoms with Crippen LogP contribution in [-0.4, -0.2) is 30.0 Å². The standard InChI is InChI=1S/C16H16N6/c1-3-16(2,21-15-11-7-6-10-14(15)17-20-21)22-18-12-8-4-5-9-13(12)19-22/h4-11H,3H2,1-2H3. The number of hydrogen-bond acceptors (Lipinski definition) is 4. The Balaban J connectivity index is 1.95. The van der Waals surface area contributed by atoms with Gasteiger partial charge in [0.2, 0.25) is 0 Å². The number of fused-ring (bicyclic) bond motifs is 2. The molecular formula is C16H16N6. The van der Waals surface area contributed by atoms with Gasteiger partial charge in [0.25, 0.3) is 0 Å². The highest BCUT2D eigenvalue weighted by molar-refractivity contribution is 5.74. The first kappa shape index (κ1) is 12.9. The molecule has 0 fully saturated rings. The summed E-state index contributed by atoms with van der Waals surface area (Å²) in [5, 5.41) is 17.9. The van der Waals surface area contributed by atoms with Crippen LogP contribution in [0.2, 0.25) is 0 Å². The number of nitrogens with zero attached hydrogens (tertiary/aromatic N) is 6. The Morgan fingerprint density at radius 3 is 2.14 bits per heavy atom. The molecule has 1 atom stereocenters. The lowest BCUT2D eigenvalue weighted by Crippen LogP contribution is -2.40. The van der Waals surface area contributed by atoms with Gasteiger partial charge in [0.05, 0.1) is 5.52 Å². The third-order valence-corrected chi connectivity index (χ3v) is 4.20. The van der Waals surface area contributed by atoms with Crippen molar-refractivity contribution in [3.05, 3.63) is 48.5 Å². The predicted molar refractivity (Wildman–Crippen MR) is 84.4 cm³/mol. The van der Waals surface area contributed by atoms with Gasteiger partial charge in [0.15, 0.2) is 5.66 Å². The Morgan fingerprint density at radius 2 is 1.50 bits per heavy atom. The molecule has 0 spiro atoms. The molecule has 2 heterocycles. The Kier molecular flexibility index (Phi) is 2.72. The molecule has 6 heteroatoms. The number of aromatic nitrogens is 6. The average Bonchev–Trinajstić information content (AvgIpc) is 3.18. The first-order valence-electron chi connectivity index (χ1n) is 7.36. The van der Waals surface area contributed by atoms with E-state index in [0.717, 1.165) is 28.5 Å². The number of rotatable bonds is 3. The van der Waals surface area contributed by atoms with E-state index in [0.29, 0.717) is 0 Å². The summed E-state index contributed by atoms with van der Waals surface area (Å²) in [5.41, 5.74) is 3.11. The van der Waals surface area contributed by atoms with E-state index in [-0.39, 0.29) is 0 Å². The monoisotopic (exact) mass is 292 g/mol. The number of para-hydroxylation sites is 1. The molecule has 110 valence electrons. The quantitative estimate of drug-likeness (QED) is 0.582. The lowest BCUT2D eigenvalue weighted by atomic mass is 10.1. The fraction of sp³-hybridized carbons (Fsp3) is 0.250. The molecule has 0 amide bonds. The van der Waals surface area contributed by atoms with Crippen LogP contribution in [0.25, 0.3) is 22.1 Å². The van der Waals surface area contributed by atoms with E-state index < -0.39 is 5.66 Å². The molecule has 0 aliphatic rings. The molecule has 0 radical (unpaired) electrons. The van der Waals surface area contributed by atoms with E-state index in [1.807, 2.05) is 53.2 Å². The molecule has 2 aromatic carbocycles. The normalized spacial score (nSPS) is 14.5. The van der Waals surface area contributed by atoms with E-state index in [1.165, 1.54) is 0 Å². The van der Waals surface area contributed by atoms with Crippen molar-refractivity contribution in [1.29, 1.82) is 0 Å². The molecule has 22 heavy (non-hydrogen) atoms. The molecule has 0 N–H and O–H groups in total. The number of hydrogen-bond donors (Lipinski definition) is 0. The van der Waals surface area contributed by atoms with E-state index >= 15 is 0 Å². The first-order chi connectivity index (χ1) is 10.7. The van der Waals surface area contributed by atoms with Crippen LogP contribution in [0.4, 0.5) is 0 Å². The van der Waals surface area contributed by atoms with Gasteiger partial charge >= 0.3 is 0 Å². The summed E-state index contributed by atoms with van der Waals surface area (Å²) in [4.78, 5) is 1.75. The van der Waals surface area contributed by atoms with Crippen molar-refractivity contribution in [2.45, 2.75) is 25.9 Å². The average molecular weight is 292 g/mol. The van der Waals surface area contributed by atoms with E-state index in [4.69, 9.17) is 0 Å². The Bertz CT molecular complexity index is 920. The van der Waals surface area contributed by atoms with Crippen LogP contribution in [0.3, 0.4) is 0 Å². The molecule has 0 aliphatic carbocycles. The lowest BCUT2D eigenvalue weighted by Gasteiger charge is -2.27. The van der Waals surface area contributed by atoms with Crippen LogP contribution in [0.1, 0.15) is 20.3 Å². The summed E-state index contributed by atoms with van der Waals surface area (Å²) in [6, 6.07) is 15.8. The van der Waals surface area contributed by atoms with E-state index in [9.17, 15) is 0 Å². The molecule has 2 aromatic heterocycles. The van der Waals surface area contributed by atoms with Gasteiger partial charge in [0, 0.05) is 0 Å². The van der Waals surface area contributed by atoms with Crippen LogP contribution in [-0.2, 0) is 5.66 Å². The Hall–Kier alpha value is -2.76. The second-order valence-corrected chi connectivity index (χ2v) is 5.54. The van der Waals surface area contributed by atoms with Gasteiger partial charge in [-0.05, 0) is 37.6 Å². The van der Waals surface area contributed by atoms with Crippen molar-refractivity contribution in [2.75, 3.05) is 0 Å². The van der Waals surface area contributed by atoms with Crippen LogP contribution >= 0.6 is 0 Å². The maximum Gasteiger partial charge on any atom is 0.172 e. The van der Waals surface area contributed by atoms with Crippen molar-refractivity contribution in [3.63, 3.8) is 0 Å². The summed E-state index contributed by atoms with van der Waals surface area (Å²) >= 11 is 0. The van der Waals surface area contributed by atoms with Gasteiger partial charge in [-0.3, -0.25) is 0 Å². The topological polar surface area (TPSA) is 61.4 Å². The predicted octanol–water partition coefficient (Wildman–Crippen LogP) is 2.81. The van der Waals surface area contributed by atoms with Crippen molar-refractivity contribution < 1.29 is 0 Å². The van der Waals surface area contributed by atoms with Crippen molar-refractivity contribution in [2.24, 2.45) is 0 Å². The van der Waals surface area contributed by atoms with Gasteiger partial charge in [0.1, 0.15) is 16.6 Å². The van der Waals surface area contributed by atoms with Crippen molar-refractivity contribution in [3.8, 4) is 0 Å². The van der Waals surface area contributed by atoms with E-state index in [1.54, 1.807) is 4.80 Å². The summed E-state index contributed by atoms with van der Waals surface area (Å²) in [7, 11) is 0. The minimum atomic E-state index is -0.505.